The maximum atomic E-state index is 11.9. The zero-order valence-electron chi connectivity index (χ0n) is 9.83. The average Bonchev–Trinajstić information content (AvgIpc) is 2.85. The molecule has 0 spiro atoms. The van der Waals surface area contributed by atoms with E-state index >= 15 is 0 Å². The minimum atomic E-state index is -0.151. The summed E-state index contributed by atoms with van der Waals surface area (Å²) < 4.78 is 10.6. The summed E-state index contributed by atoms with van der Waals surface area (Å²) in [5.74, 6) is 0.244. The quantitative estimate of drug-likeness (QED) is 0.781. The minimum Gasteiger partial charge on any atom is -0.381 e. The molecule has 0 bridgehead atoms. The first-order valence-electron chi connectivity index (χ1n) is 5.80. The van der Waals surface area contributed by atoms with Gasteiger partial charge in [0.15, 0.2) is 5.78 Å². The van der Waals surface area contributed by atoms with Crippen LogP contribution in [0.4, 0.5) is 0 Å². The predicted molar refractivity (Wildman–Crippen MR) is 70.5 cm³/mol. The van der Waals surface area contributed by atoms with Crippen molar-refractivity contribution in [2.24, 2.45) is 5.92 Å². The molecule has 1 aliphatic heterocycles. The highest BCUT2D eigenvalue weighted by atomic mass is 35.5. The molecule has 1 aromatic rings. The summed E-state index contributed by atoms with van der Waals surface area (Å²) in [4.78, 5) is 11.9. The Bertz CT molecular complexity index is 428. The van der Waals surface area contributed by atoms with Gasteiger partial charge in [-0.1, -0.05) is 23.2 Å². The number of rotatable bonds is 5. The van der Waals surface area contributed by atoms with Gasteiger partial charge in [-0.25, -0.2) is 0 Å². The number of halogens is 2. The summed E-state index contributed by atoms with van der Waals surface area (Å²) in [6.07, 6.45) is 0.992. The molecule has 1 atom stereocenters. The van der Waals surface area contributed by atoms with Gasteiger partial charge in [0.2, 0.25) is 0 Å². The molecule has 0 N–H and O–H groups in total. The van der Waals surface area contributed by atoms with Gasteiger partial charge in [0, 0.05) is 23.1 Å². The molecule has 5 heteroatoms. The molecule has 1 aliphatic rings. The lowest BCUT2D eigenvalue weighted by Crippen LogP contribution is -2.15. The fourth-order valence-corrected chi connectivity index (χ4v) is 2.22. The Morgan fingerprint density at radius 3 is 3.00 bits per heavy atom. The number of carbonyl (C=O) groups is 1. The third-order valence-electron chi connectivity index (χ3n) is 2.84. The van der Waals surface area contributed by atoms with Crippen molar-refractivity contribution in [1.29, 1.82) is 0 Å². The molecular formula is C13H14Cl2O3. The lowest BCUT2D eigenvalue weighted by atomic mass is 10.1. The fraction of sp³-hybridized carbons (Fsp3) is 0.462. The van der Waals surface area contributed by atoms with E-state index in [-0.39, 0.29) is 12.4 Å². The van der Waals surface area contributed by atoms with Gasteiger partial charge in [0.05, 0.1) is 18.2 Å². The first-order valence-corrected chi connectivity index (χ1v) is 6.56. The lowest BCUT2D eigenvalue weighted by Gasteiger charge is -2.09. The van der Waals surface area contributed by atoms with Crippen LogP contribution in [0.15, 0.2) is 18.2 Å². The Labute approximate surface area is 116 Å². The summed E-state index contributed by atoms with van der Waals surface area (Å²) in [5.41, 5.74) is 0.409. The third kappa shape index (κ3) is 3.69. The van der Waals surface area contributed by atoms with E-state index in [9.17, 15) is 4.79 Å². The molecule has 1 heterocycles. The normalized spacial score (nSPS) is 19.1. The predicted octanol–water partition coefficient (Wildman–Crippen LogP) is 3.23. The Morgan fingerprint density at radius 1 is 1.44 bits per heavy atom. The van der Waals surface area contributed by atoms with Crippen molar-refractivity contribution in [2.45, 2.75) is 6.42 Å². The van der Waals surface area contributed by atoms with Crippen molar-refractivity contribution in [3.63, 3.8) is 0 Å². The van der Waals surface area contributed by atoms with Crippen molar-refractivity contribution in [1.82, 2.24) is 0 Å². The first-order chi connectivity index (χ1) is 8.66. The van der Waals surface area contributed by atoms with Gasteiger partial charge in [-0.05, 0) is 24.6 Å². The van der Waals surface area contributed by atoms with Crippen LogP contribution in [-0.2, 0) is 9.47 Å². The number of ether oxygens (including phenoxy) is 2. The molecule has 2 rings (SSSR count). The molecule has 18 heavy (non-hydrogen) atoms. The van der Waals surface area contributed by atoms with Crippen LogP contribution in [0.5, 0.6) is 0 Å². The molecule has 1 unspecified atom stereocenters. The van der Waals surface area contributed by atoms with Crippen molar-refractivity contribution >= 4 is 29.0 Å². The van der Waals surface area contributed by atoms with Gasteiger partial charge in [-0.3, -0.25) is 4.79 Å². The molecule has 1 fully saturated rings. The number of benzene rings is 1. The highest BCUT2D eigenvalue weighted by Crippen LogP contribution is 2.21. The summed E-state index contributed by atoms with van der Waals surface area (Å²) in [6.45, 7) is 2.06. The van der Waals surface area contributed by atoms with Crippen LogP contribution < -0.4 is 0 Å². The first kappa shape index (κ1) is 13.8. The number of carbonyl (C=O) groups excluding carboxylic acids is 1. The molecule has 3 nitrogen and oxygen atoms in total. The Morgan fingerprint density at radius 2 is 2.28 bits per heavy atom. The van der Waals surface area contributed by atoms with Crippen molar-refractivity contribution < 1.29 is 14.3 Å². The molecule has 0 saturated carbocycles. The van der Waals surface area contributed by atoms with Crippen LogP contribution in [0.2, 0.25) is 10.0 Å². The summed E-state index contributed by atoms with van der Waals surface area (Å²) >= 11 is 11.8. The van der Waals surface area contributed by atoms with Gasteiger partial charge in [0.1, 0.15) is 6.61 Å². The van der Waals surface area contributed by atoms with E-state index in [0.717, 1.165) is 13.0 Å². The summed E-state index contributed by atoms with van der Waals surface area (Å²) in [5, 5.41) is 0.893. The molecule has 0 radical (unpaired) electrons. The number of Topliss-reactive ketones (excluding diaryl/α,β-unsaturated/α-hetero) is 1. The smallest absolute Gasteiger partial charge is 0.190 e. The lowest BCUT2D eigenvalue weighted by molar-refractivity contribution is 0.0652. The molecule has 0 aliphatic carbocycles. The zero-order valence-corrected chi connectivity index (χ0v) is 11.3. The van der Waals surface area contributed by atoms with E-state index in [2.05, 4.69) is 0 Å². The standard InChI is InChI=1S/C13H14Cl2O3/c14-10-1-2-12(15)11(5-10)13(16)8-18-7-9-3-4-17-6-9/h1-2,5,9H,3-4,6-8H2. The second-order valence-electron chi connectivity index (χ2n) is 4.29. The molecule has 98 valence electrons. The summed E-state index contributed by atoms with van der Waals surface area (Å²) in [7, 11) is 0. The van der Waals surface area contributed by atoms with Crippen LogP contribution in [0.1, 0.15) is 16.8 Å². The largest absolute Gasteiger partial charge is 0.381 e. The van der Waals surface area contributed by atoms with E-state index < -0.39 is 0 Å². The fourth-order valence-electron chi connectivity index (χ4n) is 1.82. The average molecular weight is 289 g/mol. The van der Waals surface area contributed by atoms with Crippen LogP contribution in [-0.4, -0.2) is 32.2 Å². The molecule has 0 amide bonds. The maximum absolute atomic E-state index is 11.9. The monoisotopic (exact) mass is 288 g/mol. The maximum Gasteiger partial charge on any atom is 0.190 e. The van der Waals surface area contributed by atoms with Crippen molar-refractivity contribution in [3.8, 4) is 0 Å². The highest BCUT2D eigenvalue weighted by molar-refractivity contribution is 6.35. The van der Waals surface area contributed by atoms with E-state index in [1.165, 1.54) is 0 Å². The van der Waals surface area contributed by atoms with Crippen molar-refractivity contribution in [3.05, 3.63) is 33.8 Å². The van der Waals surface area contributed by atoms with E-state index in [0.29, 0.717) is 34.7 Å². The van der Waals surface area contributed by atoms with Gasteiger partial charge in [0.25, 0.3) is 0 Å². The van der Waals surface area contributed by atoms with Gasteiger partial charge < -0.3 is 9.47 Å². The van der Waals surface area contributed by atoms with Crippen molar-refractivity contribution in [2.75, 3.05) is 26.4 Å². The van der Waals surface area contributed by atoms with E-state index in [1.54, 1.807) is 18.2 Å². The Hall–Kier alpha value is -0.610. The minimum absolute atomic E-state index is 0.0244. The van der Waals surface area contributed by atoms with Gasteiger partial charge in [-0.15, -0.1) is 0 Å². The Balaban J connectivity index is 1.85. The summed E-state index contributed by atoms with van der Waals surface area (Å²) in [6, 6.07) is 4.83. The Kier molecular flexibility index (Phi) is 5.01. The zero-order chi connectivity index (χ0) is 13.0. The van der Waals surface area contributed by atoms with E-state index in [1.807, 2.05) is 0 Å². The topological polar surface area (TPSA) is 35.5 Å². The van der Waals surface area contributed by atoms with Crippen LogP contribution in [0.25, 0.3) is 0 Å². The molecule has 0 aromatic heterocycles. The highest BCUT2D eigenvalue weighted by Gasteiger charge is 2.17. The second-order valence-corrected chi connectivity index (χ2v) is 5.14. The van der Waals surface area contributed by atoms with Crippen LogP contribution in [0, 0.1) is 5.92 Å². The molecular weight excluding hydrogens is 275 g/mol. The number of ketones is 1. The van der Waals surface area contributed by atoms with Crippen LogP contribution >= 0.6 is 23.2 Å². The van der Waals surface area contributed by atoms with Gasteiger partial charge >= 0.3 is 0 Å². The van der Waals surface area contributed by atoms with Crippen LogP contribution in [0.3, 0.4) is 0 Å². The number of hydrogen-bond acceptors (Lipinski definition) is 3. The van der Waals surface area contributed by atoms with Gasteiger partial charge in [-0.2, -0.15) is 0 Å². The van der Waals surface area contributed by atoms with E-state index in [4.69, 9.17) is 32.7 Å². The molecule has 1 saturated heterocycles. The SMILES string of the molecule is O=C(COCC1CCOC1)c1cc(Cl)ccc1Cl. The second kappa shape index (κ2) is 6.53. The molecule has 1 aromatic carbocycles. The number of hydrogen-bond donors (Lipinski definition) is 0. The third-order valence-corrected chi connectivity index (χ3v) is 3.40.